The van der Waals surface area contributed by atoms with E-state index in [-0.39, 0.29) is 5.91 Å². The fraction of sp³-hybridized carbons (Fsp3) is 0.588. The van der Waals surface area contributed by atoms with Gasteiger partial charge in [-0.25, -0.2) is 0 Å². The van der Waals surface area contributed by atoms with Crippen LogP contribution in [-0.2, 0) is 4.79 Å². The first-order valence-electron chi connectivity index (χ1n) is 8.10. The van der Waals surface area contributed by atoms with E-state index in [2.05, 4.69) is 10.6 Å². The van der Waals surface area contributed by atoms with Crippen LogP contribution in [0.25, 0.3) is 0 Å². The van der Waals surface area contributed by atoms with Crippen LogP contribution in [0.5, 0.6) is 0 Å². The molecular weight excluding hydrogens is 316 g/mol. The van der Waals surface area contributed by atoms with Gasteiger partial charge in [-0.1, -0.05) is 11.6 Å². The minimum Gasteiger partial charge on any atom is -0.356 e. The van der Waals surface area contributed by atoms with Crippen molar-refractivity contribution in [3.63, 3.8) is 0 Å². The van der Waals surface area contributed by atoms with Gasteiger partial charge in [0.1, 0.15) is 0 Å². The maximum atomic E-state index is 11.8. The van der Waals surface area contributed by atoms with Crippen LogP contribution in [-0.4, -0.2) is 31.3 Å². The van der Waals surface area contributed by atoms with E-state index in [4.69, 9.17) is 11.6 Å². The van der Waals surface area contributed by atoms with Gasteiger partial charge in [0.15, 0.2) is 0 Å². The summed E-state index contributed by atoms with van der Waals surface area (Å²) in [7, 11) is 0. The highest BCUT2D eigenvalue weighted by Gasteiger charge is 2.12. The summed E-state index contributed by atoms with van der Waals surface area (Å²) < 4.78 is 0. The molecule has 3 nitrogen and oxygen atoms in total. The third-order valence-corrected chi connectivity index (χ3v) is 5.25. The summed E-state index contributed by atoms with van der Waals surface area (Å²) in [5.74, 6) is 1.87. The van der Waals surface area contributed by atoms with E-state index in [1.165, 1.54) is 17.7 Å². The zero-order valence-corrected chi connectivity index (χ0v) is 14.5. The number of hydrogen-bond donors (Lipinski definition) is 2. The quantitative estimate of drug-likeness (QED) is 0.560. The zero-order chi connectivity index (χ0) is 15.6. The van der Waals surface area contributed by atoms with Crippen molar-refractivity contribution in [2.75, 3.05) is 25.4 Å². The molecule has 0 aliphatic carbocycles. The van der Waals surface area contributed by atoms with E-state index in [0.717, 1.165) is 49.2 Å². The van der Waals surface area contributed by atoms with Gasteiger partial charge in [-0.2, -0.15) is 0 Å². The molecular formula is C17H25ClN2OS. The van der Waals surface area contributed by atoms with E-state index in [0.29, 0.717) is 6.42 Å². The second kappa shape index (κ2) is 10.1. The van der Waals surface area contributed by atoms with Gasteiger partial charge in [0.05, 0.1) is 0 Å². The highest BCUT2D eigenvalue weighted by atomic mass is 35.5. The summed E-state index contributed by atoms with van der Waals surface area (Å²) in [4.78, 5) is 13.0. The van der Waals surface area contributed by atoms with Gasteiger partial charge < -0.3 is 10.6 Å². The van der Waals surface area contributed by atoms with Gasteiger partial charge in [-0.15, -0.1) is 11.8 Å². The number of carbonyl (C=O) groups excluding carboxylic acids is 1. The predicted molar refractivity (Wildman–Crippen MR) is 94.6 cm³/mol. The summed E-state index contributed by atoms with van der Waals surface area (Å²) in [5, 5.41) is 7.21. The number of nitrogens with one attached hydrogen (secondary N) is 2. The molecule has 1 saturated heterocycles. The molecule has 1 fully saturated rings. The molecule has 1 aliphatic heterocycles. The number of piperidine rings is 1. The summed E-state index contributed by atoms with van der Waals surface area (Å²) in [5.41, 5.74) is 0. The fourth-order valence-electron chi connectivity index (χ4n) is 2.63. The molecule has 2 N–H and O–H groups in total. The Bertz CT molecular complexity index is 446. The lowest BCUT2D eigenvalue weighted by Gasteiger charge is -2.22. The fourth-order valence-corrected chi connectivity index (χ4v) is 3.61. The number of hydrogen-bond acceptors (Lipinski definition) is 3. The van der Waals surface area contributed by atoms with E-state index >= 15 is 0 Å². The molecule has 0 bridgehead atoms. The lowest BCUT2D eigenvalue weighted by molar-refractivity contribution is -0.121. The van der Waals surface area contributed by atoms with Gasteiger partial charge in [0.2, 0.25) is 5.91 Å². The van der Waals surface area contributed by atoms with Crippen molar-refractivity contribution in [2.24, 2.45) is 5.92 Å². The first kappa shape index (κ1) is 17.6. The van der Waals surface area contributed by atoms with Crippen LogP contribution in [0.3, 0.4) is 0 Å². The summed E-state index contributed by atoms with van der Waals surface area (Å²) >= 11 is 7.62. The summed E-state index contributed by atoms with van der Waals surface area (Å²) in [6.45, 7) is 3.07. The van der Waals surface area contributed by atoms with E-state index < -0.39 is 0 Å². The second-order valence-electron chi connectivity index (χ2n) is 5.76. The van der Waals surface area contributed by atoms with Crippen molar-refractivity contribution in [3.8, 4) is 0 Å². The van der Waals surface area contributed by atoms with Crippen LogP contribution in [0.1, 0.15) is 32.1 Å². The molecule has 0 radical (unpaired) electrons. The Balaban J connectivity index is 1.49. The highest BCUT2D eigenvalue weighted by molar-refractivity contribution is 7.99. The summed E-state index contributed by atoms with van der Waals surface area (Å²) in [6.07, 6.45) is 5.17. The lowest BCUT2D eigenvalue weighted by Crippen LogP contribution is -2.33. The van der Waals surface area contributed by atoms with Gasteiger partial charge in [0.25, 0.3) is 0 Å². The van der Waals surface area contributed by atoms with Gasteiger partial charge >= 0.3 is 0 Å². The highest BCUT2D eigenvalue weighted by Crippen LogP contribution is 2.21. The molecule has 1 aliphatic rings. The van der Waals surface area contributed by atoms with Crippen molar-refractivity contribution < 1.29 is 4.79 Å². The largest absolute Gasteiger partial charge is 0.356 e. The third kappa shape index (κ3) is 7.03. The molecule has 0 saturated carbocycles. The average Bonchev–Trinajstić information content (AvgIpc) is 2.54. The molecule has 1 atom stereocenters. The van der Waals surface area contributed by atoms with Crippen molar-refractivity contribution in [1.29, 1.82) is 0 Å². The molecule has 22 heavy (non-hydrogen) atoms. The standard InChI is InChI=1S/C17H25ClN2OS/c18-15-5-7-16(8-6-15)22-12-2-4-17(21)20-11-9-14-3-1-10-19-13-14/h5-8,14,19H,1-4,9-13H2,(H,20,21). The topological polar surface area (TPSA) is 41.1 Å². The van der Waals surface area contributed by atoms with Crippen molar-refractivity contribution in [1.82, 2.24) is 10.6 Å². The molecule has 5 heteroatoms. The number of carbonyl (C=O) groups is 1. The first-order valence-corrected chi connectivity index (χ1v) is 9.46. The maximum Gasteiger partial charge on any atom is 0.220 e. The monoisotopic (exact) mass is 340 g/mol. The Hall–Kier alpha value is -0.710. The Morgan fingerprint density at radius 3 is 2.91 bits per heavy atom. The molecule has 1 aromatic rings. The molecule has 1 heterocycles. The molecule has 1 amide bonds. The first-order chi connectivity index (χ1) is 10.7. The number of halogens is 1. The third-order valence-electron chi connectivity index (χ3n) is 3.90. The Morgan fingerprint density at radius 2 is 2.18 bits per heavy atom. The predicted octanol–water partition coefficient (Wildman–Crippen LogP) is 3.72. The molecule has 1 unspecified atom stereocenters. The Morgan fingerprint density at radius 1 is 1.36 bits per heavy atom. The van der Waals surface area contributed by atoms with Crippen molar-refractivity contribution >= 4 is 29.3 Å². The SMILES string of the molecule is O=C(CCCSc1ccc(Cl)cc1)NCCC1CCCNC1. The minimum absolute atomic E-state index is 0.181. The van der Waals surface area contributed by atoms with Gasteiger partial charge in [-0.05, 0) is 74.7 Å². The number of amides is 1. The Labute approximate surface area is 142 Å². The summed E-state index contributed by atoms with van der Waals surface area (Å²) in [6, 6.07) is 7.84. The van der Waals surface area contributed by atoms with Crippen LogP contribution < -0.4 is 10.6 Å². The van der Waals surface area contributed by atoms with E-state index in [1.807, 2.05) is 24.3 Å². The minimum atomic E-state index is 0.181. The smallest absolute Gasteiger partial charge is 0.220 e. The number of benzene rings is 1. The van der Waals surface area contributed by atoms with E-state index in [1.54, 1.807) is 11.8 Å². The zero-order valence-electron chi connectivity index (χ0n) is 12.9. The molecule has 0 aromatic heterocycles. The number of thioether (sulfide) groups is 1. The molecule has 0 spiro atoms. The van der Waals surface area contributed by atoms with Gasteiger partial charge in [-0.3, -0.25) is 4.79 Å². The second-order valence-corrected chi connectivity index (χ2v) is 7.36. The van der Waals surface area contributed by atoms with E-state index in [9.17, 15) is 4.79 Å². The maximum absolute atomic E-state index is 11.8. The van der Waals surface area contributed by atoms with Crippen molar-refractivity contribution in [3.05, 3.63) is 29.3 Å². The average molecular weight is 341 g/mol. The van der Waals surface area contributed by atoms with Crippen LogP contribution in [0, 0.1) is 5.92 Å². The van der Waals surface area contributed by atoms with Crippen LogP contribution in [0.2, 0.25) is 5.02 Å². The molecule has 2 rings (SSSR count). The number of rotatable bonds is 8. The van der Waals surface area contributed by atoms with Crippen molar-refractivity contribution in [2.45, 2.75) is 37.0 Å². The lowest BCUT2D eigenvalue weighted by atomic mass is 9.96. The van der Waals surface area contributed by atoms with Crippen LogP contribution in [0.4, 0.5) is 0 Å². The van der Waals surface area contributed by atoms with Gasteiger partial charge in [0, 0.05) is 22.9 Å². The van der Waals surface area contributed by atoms with Crippen LogP contribution >= 0.6 is 23.4 Å². The normalized spacial score (nSPS) is 18.1. The molecule has 1 aromatic carbocycles. The van der Waals surface area contributed by atoms with Crippen LogP contribution in [0.15, 0.2) is 29.2 Å². The Kier molecular flexibility index (Phi) is 8.13. The molecule has 122 valence electrons.